The molecule has 3 heterocycles. The fourth-order valence-corrected chi connectivity index (χ4v) is 7.07. The molecule has 2 atom stereocenters. The van der Waals surface area contributed by atoms with Gasteiger partial charge in [-0.3, -0.25) is 9.89 Å². The molecule has 5 rings (SSSR count). The number of aromatic nitrogens is 2. The van der Waals surface area contributed by atoms with Crippen LogP contribution in [0.2, 0.25) is 0 Å². The van der Waals surface area contributed by atoms with E-state index in [2.05, 4.69) is 10.2 Å². The van der Waals surface area contributed by atoms with Crippen LogP contribution in [0.1, 0.15) is 65.5 Å². The van der Waals surface area contributed by atoms with Gasteiger partial charge in [0, 0.05) is 17.2 Å². The van der Waals surface area contributed by atoms with Crippen molar-refractivity contribution in [3.8, 4) is 28.5 Å². The summed E-state index contributed by atoms with van der Waals surface area (Å²) in [7, 11) is -3.25. The molecule has 0 aliphatic carbocycles. The molecule has 0 saturated carbocycles. The number of nitrogens with one attached hydrogen (secondary N) is 1. The number of H-pyrrole nitrogens is 1. The molecule has 38 heavy (non-hydrogen) atoms. The molecular formula is C28H33N3O6S. The molecule has 0 radical (unpaired) electrons. The van der Waals surface area contributed by atoms with Crippen LogP contribution in [0, 0.1) is 13.8 Å². The number of phenolic OH excluding ortho intramolecular Hbond substituents is 1. The molecule has 0 spiro atoms. The predicted octanol–water partition coefficient (Wildman–Crippen LogP) is 4.32. The minimum Gasteiger partial charge on any atom is -0.507 e. The number of rotatable bonds is 8. The average Bonchev–Trinajstić information content (AvgIpc) is 3.54. The lowest BCUT2D eigenvalue weighted by molar-refractivity contribution is 0.0677. The van der Waals surface area contributed by atoms with Crippen LogP contribution < -0.4 is 9.47 Å². The van der Waals surface area contributed by atoms with Gasteiger partial charge in [-0.25, -0.2) is 8.42 Å². The van der Waals surface area contributed by atoms with E-state index >= 15 is 0 Å². The number of phenols is 1. The summed E-state index contributed by atoms with van der Waals surface area (Å²) in [6.45, 7) is 8.75. The van der Waals surface area contributed by atoms with E-state index in [4.69, 9.17) is 9.47 Å². The Hall–Kier alpha value is -3.53. The quantitative estimate of drug-likeness (QED) is 0.437. The Kier molecular flexibility index (Phi) is 6.85. The molecule has 2 N–H and O–H groups in total. The highest BCUT2D eigenvalue weighted by atomic mass is 32.2. The largest absolute Gasteiger partial charge is 0.507 e. The van der Waals surface area contributed by atoms with Crippen LogP contribution in [-0.2, 0) is 9.84 Å². The summed E-state index contributed by atoms with van der Waals surface area (Å²) in [5.41, 5.74) is 4.56. The minimum atomic E-state index is -3.25. The molecule has 202 valence electrons. The lowest BCUT2D eigenvalue weighted by Crippen LogP contribution is -2.40. The Bertz CT molecular complexity index is 1500. The third-order valence-electron chi connectivity index (χ3n) is 7.32. The van der Waals surface area contributed by atoms with Crippen LogP contribution in [0.25, 0.3) is 11.3 Å². The van der Waals surface area contributed by atoms with Crippen molar-refractivity contribution in [1.82, 2.24) is 15.1 Å². The van der Waals surface area contributed by atoms with Crippen LogP contribution in [-0.4, -0.2) is 65.3 Å². The Morgan fingerprint density at radius 1 is 1.11 bits per heavy atom. The molecular weight excluding hydrogens is 506 g/mol. The van der Waals surface area contributed by atoms with Crippen molar-refractivity contribution in [1.29, 1.82) is 0 Å². The van der Waals surface area contributed by atoms with Crippen LogP contribution in [0.3, 0.4) is 0 Å². The van der Waals surface area contributed by atoms with Crippen molar-refractivity contribution in [2.45, 2.75) is 52.6 Å². The summed E-state index contributed by atoms with van der Waals surface area (Å²) in [5, 5.41) is 18.2. The van der Waals surface area contributed by atoms with Gasteiger partial charge in [-0.05, 0) is 74.6 Å². The summed E-state index contributed by atoms with van der Waals surface area (Å²) in [5.74, 6) is 0.868. The third-order valence-corrected chi connectivity index (χ3v) is 9.07. The zero-order chi connectivity index (χ0) is 27.2. The van der Waals surface area contributed by atoms with Crippen molar-refractivity contribution in [2.24, 2.45) is 0 Å². The molecule has 2 aliphatic rings. The van der Waals surface area contributed by atoms with Gasteiger partial charge in [0.2, 0.25) is 0 Å². The van der Waals surface area contributed by atoms with Gasteiger partial charge in [0.05, 0.1) is 30.8 Å². The number of sulfone groups is 1. The highest BCUT2D eigenvalue weighted by molar-refractivity contribution is 7.91. The topological polar surface area (TPSA) is 122 Å². The number of aromatic amines is 1. The molecule has 9 nitrogen and oxygen atoms in total. The Morgan fingerprint density at radius 3 is 2.55 bits per heavy atom. The van der Waals surface area contributed by atoms with E-state index in [1.807, 2.05) is 52.0 Å². The van der Waals surface area contributed by atoms with Crippen molar-refractivity contribution < 1.29 is 27.8 Å². The van der Waals surface area contributed by atoms with E-state index < -0.39 is 21.9 Å². The Balaban J connectivity index is 1.69. The molecule has 3 aromatic rings. The lowest BCUT2D eigenvalue weighted by Gasteiger charge is -2.31. The number of ether oxygens (including phenoxy) is 2. The number of hydrogen-bond donors (Lipinski definition) is 2. The second-order valence-corrected chi connectivity index (χ2v) is 12.2. The molecule has 1 fully saturated rings. The lowest BCUT2D eigenvalue weighted by atomic mass is 9.93. The molecule has 2 aromatic carbocycles. The molecule has 1 saturated heterocycles. The highest BCUT2D eigenvalue weighted by Gasteiger charge is 2.48. The molecule has 1 aromatic heterocycles. The van der Waals surface area contributed by atoms with Crippen LogP contribution in [0.4, 0.5) is 0 Å². The SMILES string of the molecule is CCCOc1ccc(C2c3c(-c4cc(C)c(C)cc4O)n[nH]c3C(=O)N2C2CCS(=O)(=O)C2)cc1OCC. The maximum atomic E-state index is 13.8. The monoisotopic (exact) mass is 539 g/mol. The van der Waals surface area contributed by atoms with E-state index in [-0.39, 0.29) is 23.2 Å². The standard InChI is InChI=1S/C28H33N3O6S/c1-5-10-37-22-8-7-18(14-23(22)36-6-2)27-24-25(20-12-16(3)17(4)13-21(20)32)29-30-26(24)28(33)31(27)19-9-11-38(34,35)15-19/h7-8,12-14,19,27,32H,5-6,9-11,15H2,1-4H3,(H,29,30). The zero-order valence-electron chi connectivity index (χ0n) is 22.1. The van der Waals surface area contributed by atoms with Crippen LogP contribution in [0.5, 0.6) is 17.2 Å². The van der Waals surface area contributed by atoms with Gasteiger partial charge < -0.3 is 19.5 Å². The van der Waals surface area contributed by atoms with Gasteiger partial charge in [0.15, 0.2) is 21.3 Å². The highest BCUT2D eigenvalue weighted by Crippen LogP contribution is 2.48. The fourth-order valence-electron chi connectivity index (χ4n) is 5.35. The van der Waals surface area contributed by atoms with Gasteiger partial charge in [-0.2, -0.15) is 5.10 Å². The number of hydrogen-bond acceptors (Lipinski definition) is 7. The normalized spacial score (nSPS) is 20.1. The van der Waals surface area contributed by atoms with Crippen LogP contribution in [0.15, 0.2) is 30.3 Å². The molecule has 2 unspecified atom stereocenters. The van der Waals surface area contributed by atoms with Crippen molar-refractivity contribution in [2.75, 3.05) is 24.7 Å². The van der Waals surface area contributed by atoms with Gasteiger partial charge in [-0.15, -0.1) is 0 Å². The first-order chi connectivity index (χ1) is 18.1. The number of amides is 1. The average molecular weight is 540 g/mol. The number of aromatic hydroxyl groups is 1. The van der Waals surface area contributed by atoms with Gasteiger partial charge in [-0.1, -0.05) is 13.0 Å². The number of nitrogens with zero attached hydrogens (tertiary/aromatic N) is 2. The van der Waals surface area contributed by atoms with E-state index in [9.17, 15) is 18.3 Å². The Morgan fingerprint density at radius 2 is 1.87 bits per heavy atom. The summed E-state index contributed by atoms with van der Waals surface area (Å²) in [6.07, 6.45) is 1.21. The molecule has 0 bridgehead atoms. The maximum Gasteiger partial charge on any atom is 0.273 e. The maximum absolute atomic E-state index is 13.8. The van der Waals surface area contributed by atoms with Crippen LogP contribution >= 0.6 is 0 Å². The summed E-state index contributed by atoms with van der Waals surface area (Å²) >= 11 is 0. The van der Waals surface area contributed by atoms with Gasteiger partial charge in [0.1, 0.15) is 17.1 Å². The first-order valence-corrected chi connectivity index (χ1v) is 14.8. The van der Waals surface area contributed by atoms with Crippen molar-refractivity contribution >= 4 is 15.7 Å². The fraction of sp³-hybridized carbons (Fsp3) is 0.429. The number of carbonyl (C=O) groups excluding carboxylic acids is 1. The second kappa shape index (κ2) is 9.98. The van der Waals surface area contributed by atoms with Gasteiger partial charge in [0.25, 0.3) is 5.91 Å². The number of aryl methyl sites for hydroxylation is 2. The summed E-state index contributed by atoms with van der Waals surface area (Å²) < 4.78 is 36.6. The number of carbonyl (C=O) groups is 1. The molecule has 1 amide bonds. The first-order valence-electron chi connectivity index (χ1n) is 13.0. The minimum absolute atomic E-state index is 0.0408. The summed E-state index contributed by atoms with van der Waals surface area (Å²) in [6, 6.07) is 8.01. The van der Waals surface area contributed by atoms with E-state index in [1.165, 1.54) is 0 Å². The molecule has 2 aliphatic heterocycles. The second-order valence-electron chi connectivity index (χ2n) is 9.97. The van der Waals surface area contributed by atoms with E-state index in [0.717, 1.165) is 23.1 Å². The first kappa shape index (κ1) is 26.1. The molecule has 10 heteroatoms. The Labute approximate surface area is 222 Å². The van der Waals surface area contributed by atoms with Gasteiger partial charge >= 0.3 is 0 Å². The van der Waals surface area contributed by atoms with Crippen molar-refractivity contribution in [3.05, 3.63) is 58.3 Å². The number of fused-ring (bicyclic) bond motifs is 1. The van der Waals surface area contributed by atoms with Crippen molar-refractivity contribution in [3.63, 3.8) is 0 Å². The third kappa shape index (κ3) is 4.51. The van der Waals surface area contributed by atoms with E-state index in [0.29, 0.717) is 53.6 Å². The smallest absolute Gasteiger partial charge is 0.273 e. The zero-order valence-corrected chi connectivity index (χ0v) is 22.9. The number of benzene rings is 2. The van der Waals surface area contributed by atoms with E-state index in [1.54, 1.807) is 11.0 Å². The summed E-state index contributed by atoms with van der Waals surface area (Å²) in [4.78, 5) is 15.4. The predicted molar refractivity (Wildman–Crippen MR) is 144 cm³/mol.